The number of hydrogen-bond acceptors (Lipinski definition) is 2. The normalized spacial score (nSPS) is 36.7. The Morgan fingerprint density at radius 2 is 1.95 bits per heavy atom. The van der Waals surface area contributed by atoms with Gasteiger partial charge in [-0.05, 0) is 50.7 Å². The first-order valence-corrected chi connectivity index (χ1v) is 7.58. The maximum atomic E-state index is 13.0. The molecular weight excluding hydrogens is 262 g/mol. The van der Waals surface area contributed by atoms with E-state index in [4.69, 9.17) is 0 Å². The van der Waals surface area contributed by atoms with Crippen molar-refractivity contribution in [2.45, 2.75) is 27.2 Å². The van der Waals surface area contributed by atoms with Crippen molar-refractivity contribution in [3.63, 3.8) is 0 Å². The maximum Gasteiger partial charge on any atom is 0.241 e. The number of carbonyl (C=O) groups excluding carboxylic acids is 2. The van der Waals surface area contributed by atoms with Crippen molar-refractivity contribution in [3.05, 3.63) is 41.5 Å². The van der Waals surface area contributed by atoms with Gasteiger partial charge in [0.05, 0.1) is 17.0 Å². The number of hydrogen-bond donors (Lipinski definition) is 0. The average molecular weight is 281 g/mol. The van der Waals surface area contributed by atoms with Gasteiger partial charge in [0.25, 0.3) is 0 Å². The van der Waals surface area contributed by atoms with E-state index in [1.54, 1.807) is 0 Å². The smallest absolute Gasteiger partial charge is 0.241 e. The number of amides is 2. The third-order valence-corrected chi connectivity index (χ3v) is 5.70. The molecule has 2 aliphatic carbocycles. The fraction of sp³-hybridized carbons (Fsp3) is 0.444. The summed E-state index contributed by atoms with van der Waals surface area (Å²) in [7, 11) is 0. The number of benzene rings is 1. The minimum Gasteiger partial charge on any atom is -0.274 e. The number of fused-ring (bicyclic) bond motifs is 5. The molecule has 0 aromatic heterocycles. The fourth-order valence-corrected chi connectivity index (χ4v) is 4.59. The van der Waals surface area contributed by atoms with E-state index in [2.05, 4.69) is 12.2 Å². The molecule has 1 aromatic carbocycles. The van der Waals surface area contributed by atoms with Gasteiger partial charge in [-0.2, -0.15) is 0 Å². The molecule has 21 heavy (non-hydrogen) atoms. The predicted octanol–water partition coefficient (Wildman–Crippen LogP) is 3.01. The molecule has 3 heteroatoms. The molecule has 1 aromatic rings. The number of imide groups is 1. The van der Waals surface area contributed by atoms with Crippen molar-refractivity contribution < 1.29 is 9.59 Å². The van der Waals surface area contributed by atoms with Crippen LogP contribution < -0.4 is 4.90 Å². The second kappa shape index (κ2) is 3.85. The summed E-state index contributed by atoms with van der Waals surface area (Å²) < 4.78 is 0. The standard InChI is InChI=1S/C18H19NO2/c1-10-4-7-14(11(2)8-10)19-16(20)15-12-5-6-13(9-12)18(15,3)17(19)21/h4-8,12-13,15H,9H2,1-3H3/t12-,13-,15-,18-/m0/s1. The van der Waals surface area contributed by atoms with Gasteiger partial charge in [0.15, 0.2) is 0 Å². The highest BCUT2D eigenvalue weighted by molar-refractivity contribution is 6.24. The van der Waals surface area contributed by atoms with Crippen LogP contribution in [0.1, 0.15) is 24.5 Å². The van der Waals surface area contributed by atoms with E-state index in [0.717, 1.165) is 23.2 Å². The summed E-state index contributed by atoms with van der Waals surface area (Å²) in [6, 6.07) is 5.89. The second-order valence-corrected chi connectivity index (χ2v) is 6.92. The van der Waals surface area contributed by atoms with Gasteiger partial charge >= 0.3 is 0 Å². The van der Waals surface area contributed by atoms with Crippen molar-refractivity contribution in [1.29, 1.82) is 0 Å². The number of anilines is 1. The summed E-state index contributed by atoms with van der Waals surface area (Å²) in [6.45, 7) is 5.96. The molecule has 0 spiro atoms. The van der Waals surface area contributed by atoms with E-state index in [1.165, 1.54) is 4.90 Å². The van der Waals surface area contributed by atoms with Gasteiger partial charge in [0, 0.05) is 0 Å². The fourth-order valence-electron chi connectivity index (χ4n) is 4.59. The summed E-state index contributed by atoms with van der Waals surface area (Å²) in [5.74, 6) is 0.278. The topological polar surface area (TPSA) is 37.4 Å². The molecular formula is C18H19NO2. The lowest BCUT2D eigenvalue weighted by Crippen LogP contribution is -2.37. The van der Waals surface area contributed by atoms with Crippen LogP contribution in [0, 0.1) is 37.0 Å². The Morgan fingerprint density at radius 3 is 2.62 bits per heavy atom. The Labute approximate surface area is 124 Å². The SMILES string of the molecule is Cc1ccc(N2C(=O)[C@@H]3[C@H]4C=C[C@@H](C4)[C@]3(C)C2=O)c(C)c1. The molecule has 2 fully saturated rings. The monoisotopic (exact) mass is 281 g/mol. The Kier molecular flexibility index (Phi) is 2.35. The Hall–Kier alpha value is -1.90. The Bertz CT molecular complexity index is 705. The molecule has 3 nitrogen and oxygen atoms in total. The van der Waals surface area contributed by atoms with Gasteiger partial charge in [-0.15, -0.1) is 0 Å². The maximum absolute atomic E-state index is 13.0. The minimum absolute atomic E-state index is 0.00805. The first-order chi connectivity index (χ1) is 9.94. The molecule has 0 radical (unpaired) electrons. The number of nitrogens with zero attached hydrogens (tertiary/aromatic N) is 1. The summed E-state index contributed by atoms with van der Waals surface area (Å²) in [4.78, 5) is 27.4. The van der Waals surface area contributed by atoms with Crippen LogP contribution in [0.3, 0.4) is 0 Å². The van der Waals surface area contributed by atoms with E-state index >= 15 is 0 Å². The highest BCUT2D eigenvalue weighted by atomic mass is 16.2. The van der Waals surface area contributed by atoms with Crippen LogP contribution in [-0.4, -0.2) is 11.8 Å². The first-order valence-electron chi connectivity index (χ1n) is 7.58. The third-order valence-electron chi connectivity index (χ3n) is 5.70. The van der Waals surface area contributed by atoms with Crippen LogP contribution in [0.15, 0.2) is 30.4 Å². The van der Waals surface area contributed by atoms with Crippen LogP contribution in [0.5, 0.6) is 0 Å². The predicted molar refractivity (Wildman–Crippen MR) is 80.7 cm³/mol. The summed E-state index contributed by atoms with van der Waals surface area (Å²) in [5.41, 5.74) is 2.35. The van der Waals surface area contributed by atoms with Crippen molar-refractivity contribution >= 4 is 17.5 Å². The van der Waals surface area contributed by atoms with Crippen LogP contribution >= 0.6 is 0 Å². The molecule has 1 saturated heterocycles. The van der Waals surface area contributed by atoms with E-state index in [-0.39, 0.29) is 29.6 Å². The Balaban J connectivity index is 1.83. The lowest BCUT2D eigenvalue weighted by Gasteiger charge is -2.28. The van der Waals surface area contributed by atoms with Gasteiger partial charge in [-0.1, -0.05) is 29.8 Å². The summed E-state index contributed by atoms with van der Waals surface area (Å²) in [6.07, 6.45) is 5.23. The highest BCUT2D eigenvalue weighted by Crippen LogP contribution is 2.61. The molecule has 1 aliphatic heterocycles. The van der Waals surface area contributed by atoms with Gasteiger partial charge in [0.1, 0.15) is 0 Å². The molecule has 0 unspecified atom stereocenters. The third kappa shape index (κ3) is 1.39. The lowest BCUT2D eigenvalue weighted by atomic mass is 9.71. The zero-order valence-corrected chi connectivity index (χ0v) is 12.6. The van der Waals surface area contributed by atoms with Crippen LogP contribution in [0.4, 0.5) is 5.69 Å². The molecule has 1 heterocycles. The summed E-state index contributed by atoms with van der Waals surface area (Å²) in [5, 5.41) is 0. The summed E-state index contributed by atoms with van der Waals surface area (Å²) >= 11 is 0. The van der Waals surface area contributed by atoms with E-state index in [0.29, 0.717) is 0 Å². The largest absolute Gasteiger partial charge is 0.274 e. The van der Waals surface area contributed by atoms with Crippen molar-refractivity contribution in [3.8, 4) is 0 Å². The molecule has 2 amide bonds. The molecule has 1 saturated carbocycles. The second-order valence-electron chi connectivity index (χ2n) is 6.92. The van der Waals surface area contributed by atoms with Gasteiger partial charge in [0.2, 0.25) is 11.8 Å². The zero-order valence-electron chi connectivity index (χ0n) is 12.6. The lowest BCUT2D eigenvalue weighted by molar-refractivity contribution is -0.127. The molecule has 0 N–H and O–H groups in total. The highest BCUT2D eigenvalue weighted by Gasteiger charge is 2.67. The van der Waals surface area contributed by atoms with Crippen molar-refractivity contribution in [1.82, 2.24) is 0 Å². The molecule has 3 aliphatic rings. The number of allylic oxidation sites excluding steroid dienone is 2. The van der Waals surface area contributed by atoms with Crippen LogP contribution in [0.25, 0.3) is 0 Å². The van der Waals surface area contributed by atoms with Crippen LogP contribution in [-0.2, 0) is 9.59 Å². The van der Waals surface area contributed by atoms with Crippen LogP contribution in [0.2, 0.25) is 0 Å². The van der Waals surface area contributed by atoms with E-state index in [1.807, 2.05) is 39.0 Å². The number of aryl methyl sites for hydroxylation is 2. The zero-order chi connectivity index (χ0) is 14.9. The van der Waals surface area contributed by atoms with E-state index < -0.39 is 5.41 Å². The van der Waals surface area contributed by atoms with Crippen molar-refractivity contribution in [2.24, 2.45) is 23.2 Å². The average Bonchev–Trinajstić information content (AvgIpc) is 3.05. The molecule has 108 valence electrons. The van der Waals surface area contributed by atoms with E-state index in [9.17, 15) is 9.59 Å². The molecule has 2 bridgehead atoms. The molecule has 4 atom stereocenters. The first kappa shape index (κ1) is 12.8. The van der Waals surface area contributed by atoms with Gasteiger partial charge in [-0.3, -0.25) is 9.59 Å². The minimum atomic E-state index is -0.534. The number of carbonyl (C=O) groups is 2. The molecule has 4 rings (SSSR count). The van der Waals surface area contributed by atoms with Gasteiger partial charge < -0.3 is 0 Å². The van der Waals surface area contributed by atoms with Gasteiger partial charge in [-0.25, -0.2) is 4.90 Å². The van der Waals surface area contributed by atoms with Crippen molar-refractivity contribution in [2.75, 3.05) is 4.90 Å². The number of rotatable bonds is 1. The quantitative estimate of drug-likeness (QED) is 0.586. The Morgan fingerprint density at radius 1 is 1.19 bits per heavy atom.